The lowest BCUT2D eigenvalue weighted by atomic mass is 10.0. The van der Waals surface area contributed by atoms with Crippen molar-refractivity contribution in [2.24, 2.45) is 0 Å². The molecule has 2 rings (SSSR count). The van der Waals surface area contributed by atoms with E-state index in [0.717, 1.165) is 31.2 Å². The molecule has 0 radical (unpaired) electrons. The third-order valence-electron chi connectivity index (χ3n) is 3.33. The molecule has 2 heteroatoms. The summed E-state index contributed by atoms with van der Waals surface area (Å²) >= 11 is 0. The summed E-state index contributed by atoms with van der Waals surface area (Å²) in [7, 11) is 0. The van der Waals surface area contributed by atoms with E-state index in [0.29, 0.717) is 5.69 Å². The number of nitrogen functional groups attached to an aromatic ring is 1. The molecule has 1 unspecified atom stereocenters. The highest BCUT2D eigenvalue weighted by molar-refractivity contribution is 5.41. The summed E-state index contributed by atoms with van der Waals surface area (Å²) < 4.78 is 0. The summed E-state index contributed by atoms with van der Waals surface area (Å²) in [6, 6.07) is 18.0. The van der Waals surface area contributed by atoms with Gasteiger partial charge in [0.2, 0.25) is 0 Å². The predicted molar refractivity (Wildman–Crippen MR) is 79.8 cm³/mol. The number of rotatable bonds is 6. The van der Waals surface area contributed by atoms with E-state index in [2.05, 4.69) is 24.3 Å². The Bertz CT molecular complexity index is 496. The van der Waals surface area contributed by atoms with Gasteiger partial charge in [0.05, 0.1) is 6.10 Å². The van der Waals surface area contributed by atoms with Crippen LogP contribution < -0.4 is 5.73 Å². The second-order valence-corrected chi connectivity index (χ2v) is 4.92. The van der Waals surface area contributed by atoms with Gasteiger partial charge in [0.1, 0.15) is 0 Å². The second-order valence-electron chi connectivity index (χ2n) is 4.92. The van der Waals surface area contributed by atoms with Crippen LogP contribution in [0.15, 0.2) is 54.6 Å². The van der Waals surface area contributed by atoms with Gasteiger partial charge in [-0.15, -0.1) is 0 Å². The molecule has 0 saturated heterocycles. The molecule has 0 fully saturated rings. The number of aryl methyl sites for hydroxylation is 1. The van der Waals surface area contributed by atoms with E-state index in [1.54, 1.807) is 0 Å². The minimum absolute atomic E-state index is 0.403. The number of unbranched alkanes of at least 4 members (excludes halogenated alkanes) is 1. The van der Waals surface area contributed by atoms with Crippen molar-refractivity contribution in [1.29, 1.82) is 0 Å². The Morgan fingerprint density at radius 1 is 0.947 bits per heavy atom. The summed E-state index contributed by atoms with van der Waals surface area (Å²) in [5, 5.41) is 10.1. The smallest absolute Gasteiger partial charge is 0.0790 e. The third-order valence-corrected chi connectivity index (χ3v) is 3.33. The van der Waals surface area contributed by atoms with Gasteiger partial charge >= 0.3 is 0 Å². The van der Waals surface area contributed by atoms with Crippen molar-refractivity contribution in [3.05, 3.63) is 65.7 Å². The van der Waals surface area contributed by atoms with E-state index in [1.807, 2.05) is 30.3 Å². The lowest BCUT2D eigenvalue weighted by molar-refractivity contribution is 0.164. The van der Waals surface area contributed by atoms with Crippen LogP contribution in [0.3, 0.4) is 0 Å². The van der Waals surface area contributed by atoms with Gasteiger partial charge in [0.15, 0.2) is 0 Å². The molecule has 0 aromatic heterocycles. The van der Waals surface area contributed by atoms with Crippen LogP contribution >= 0.6 is 0 Å². The largest absolute Gasteiger partial charge is 0.399 e. The minimum Gasteiger partial charge on any atom is -0.399 e. The number of aliphatic hydroxyl groups is 1. The highest BCUT2D eigenvalue weighted by Crippen LogP contribution is 2.21. The monoisotopic (exact) mass is 255 g/mol. The zero-order chi connectivity index (χ0) is 13.5. The first-order valence-corrected chi connectivity index (χ1v) is 6.83. The lowest BCUT2D eigenvalue weighted by Gasteiger charge is -2.11. The van der Waals surface area contributed by atoms with E-state index in [1.165, 1.54) is 5.56 Å². The molecule has 3 N–H and O–H groups in total. The van der Waals surface area contributed by atoms with Crippen LogP contribution in [0.25, 0.3) is 0 Å². The van der Waals surface area contributed by atoms with Gasteiger partial charge in [-0.3, -0.25) is 0 Å². The number of hydrogen-bond donors (Lipinski definition) is 2. The van der Waals surface area contributed by atoms with Gasteiger partial charge in [0, 0.05) is 5.69 Å². The van der Waals surface area contributed by atoms with Crippen LogP contribution in [0.5, 0.6) is 0 Å². The molecular weight excluding hydrogens is 234 g/mol. The van der Waals surface area contributed by atoms with Gasteiger partial charge in [-0.05, 0) is 42.5 Å². The molecule has 0 aliphatic carbocycles. The Balaban J connectivity index is 1.74. The molecule has 0 bridgehead atoms. The first-order chi connectivity index (χ1) is 9.25. The Labute approximate surface area is 114 Å². The van der Waals surface area contributed by atoms with Crippen molar-refractivity contribution in [1.82, 2.24) is 0 Å². The van der Waals surface area contributed by atoms with E-state index in [-0.39, 0.29) is 0 Å². The first-order valence-electron chi connectivity index (χ1n) is 6.83. The Morgan fingerprint density at radius 2 is 1.74 bits per heavy atom. The van der Waals surface area contributed by atoms with Crippen LogP contribution in [0.4, 0.5) is 5.69 Å². The number of benzene rings is 2. The molecule has 0 aliphatic heterocycles. The molecule has 0 amide bonds. The first kappa shape index (κ1) is 13.6. The maximum atomic E-state index is 10.1. The SMILES string of the molecule is Nc1cccc(C(O)CCCCc2ccccc2)c1. The standard InChI is InChI=1S/C17H21NO/c18-16-11-6-10-15(13-16)17(19)12-5-4-9-14-7-2-1-3-8-14/h1-3,6-8,10-11,13,17,19H,4-5,9,12,18H2. The normalized spacial score (nSPS) is 12.3. The highest BCUT2D eigenvalue weighted by atomic mass is 16.3. The Hall–Kier alpha value is -1.80. The molecule has 100 valence electrons. The zero-order valence-corrected chi connectivity index (χ0v) is 11.1. The summed E-state index contributed by atoms with van der Waals surface area (Å²) in [5.41, 5.74) is 8.70. The Kier molecular flexibility index (Phi) is 4.99. The van der Waals surface area contributed by atoms with Crippen molar-refractivity contribution >= 4 is 5.69 Å². The summed E-state index contributed by atoms with van der Waals surface area (Å²) in [6.45, 7) is 0. The maximum absolute atomic E-state index is 10.1. The summed E-state index contributed by atoms with van der Waals surface area (Å²) in [5.74, 6) is 0. The number of hydrogen-bond acceptors (Lipinski definition) is 2. The molecule has 0 aliphatic rings. The molecule has 1 atom stereocenters. The molecule has 0 heterocycles. The second kappa shape index (κ2) is 6.95. The maximum Gasteiger partial charge on any atom is 0.0790 e. The third kappa shape index (κ3) is 4.42. The van der Waals surface area contributed by atoms with Gasteiger partial charge in [0.25, 0.3) is 0 Å². The van der Waals surface area contributed by atoms with Crippen molar-refractivity contribution in [2.45, 2.75) is 31.8 Å². The van der Waals surface area contributed by atoms with Crippen LogP contribution in [-0.4, -0.2) is 5.11 Å². The minimum atomic E-state index is -0.403. The van der Waals surface area contributed by atoms with Gasteiger partial charge in [-0.25, -0.2) is 0 Å². The fourth-order valence-corrected chi connectivity index (χ4v) is 2.24. The molecule has 0 spiro atoms. The number of nitrogens with two attached hydrogens (primary N) is 1. The Morgan fingerprint density at radius 3 is 2.47 bits per heavy atom. The molecule has 2 nitrogen and oxygen atoms in total. The van der Waals surface area contributed by atoms with E-state index >= 15 is 0 Å². The average molecular weight is 255 g/mol. The molecule has 2 aromatic carbocycles. The van der Waals surface area contributed by atoms with Gasteiger partial charge < -0.3 is 10.8 Å². The molecular formula is C17H21NO. The molecule has 2 aromatic rings. The highest BCUT2D eigenvalue weighted by Gasteiger charge is 2.07. The van der Waals surface area contributed by atoms with Crippen molar-refractivity contribution in [2.75, 3.05) is 5.73 Å². The topological polar surface area (TPSA) is 46.2 Å². The zero-order valence-electron chi connectivity index (χ0n) is 11.1. The lowest BCUT2D eigenvalue weighted by Crippen LogP contribution is -1.99. The predicted octanol–water partition coefficient (Wildman–Crippen LogP) is 3.72. The van der Waals surface area contributed by atoms with Crippen LogP contribution in [0.1, 0.15) is 36.5 Å². The molecule has 19 heavy (non-hydrogen) atoms. The van der Waals surface area contributed by atoms with E-state index in [4.69, 9.17) is 5.73 Å². The van der Waals surface area contributed by atoms with Crippen molar-refractivity contribution in [3.8, 4) is 0 Å². The van der Waals surface area contributed by atoms with E-state index in [9.17, 15) is 5.11 Å². The quantitative estimate of drug-likeness (QED) is 0.610. The van der Waals surface area contributed by atoms with Gasteiger partial charge in [-0.2, -0.15) is 0 Å². The van der Waals surface area contributed by atoms with Crippen molar-refractivity contribution < 1.29 is 5.11 Å². The number of aliphatic hydroxyl groups excluding tert-OH is 1. The fraction of sp³-hybridized carbons (Fsp3) is 0.294. The van der Waals surface area contributed by atoms with Crippen molar-refractivity contribution in [3.63, 3.8) is 0 Å². The molecule has 0 saturated carbocycles. The van der Waals surface area contributed by atoms with Gasteiger partial charge in [-0.1, -0.05) is 48.9 Å². The van der Waals surface area contributed by atoms with Crippen LogP contribution in [0.2, 0.25) is 0 Å². The average Bonchev–Trinajstić information content (AvgIpc) is 2.44. The summed E-state index contributed by atoms with van der Waals surface area (Å²) in [6.07, 6.45) is 3.58. The number of anilines is 1. The van der Waals surface area contributed by atoms with Crippen LogP contribution in [0, 0.1) is 0 Å². The van der Waals surface area contributed by atoms with Crippen LogP contribution in [-0.2, 0) is 6.42 Å². The summed E-state index contributed by atoms with van der Waals surface area (Å²) in [4.78, 5) is 0. The fourth-order valence-electron chi connectivity index (χ4n) is 2.24. The van der Waals surface area contributed by atoms with E-state index < -0.39 is 6.10 Å².